The number of benzene rings is 1. The SMILES string of the molecule is CC[Si](CC)(CC)OC1C[C@H]2OC[C@@]2(OC(C)=O)[C@H]2[C@H](OC(=O)c3ccccc3)[C@]3(O)C[C@H](O)C(C)=C([C@@H](O)C(=O)[C@]12C)C3(C)C. The van der Waals surface area contributed by atoms with Crippen LogP contribution in [0.3, 0.4) is 0 Å². The Morgan fingerprint density at radius 1 is 1.04 bits per heavy atom. The third-order valence-electron chi connectivity index (χ3n) is 12.2. The molecule has 1 unspecified atom stereocenters. The van der Waals surface area contributed by atoms with Gasteiger partial charge in [0.15, 0.2) is 19.7 Å². The molecule has 1 aliphatic heterocycles. The van der Waals surface area contributed by atoms with E-state index in [9.17, 15) is 24.9 Å². The van der Waals surface area contributed by atoms with Crippen LogP contribution in [0.5, 0.6) is 0 Å². The quantitative estimate of drug-likeness (QED) is 0.212. The lowest BCUT2D eigenvalue weighted by Gasteiger charge is -2.68. The number of carbonyl (C=O) groups is 3. The number of aliphatic hydroxyl groups excluding tert-OH is 2. The van der Waals surface area contributed by atoms with Gasteiger partial charge in [0.05, 0.1) is 35.7 Å². The molecule has 46 heavy (non-hydrogen) atoms. The molecule has 0 amide bonds. The van der Waals surface area contributed by atoms with E-state index in [1.807, 2.05) is 0 Å². The molecular formula is C35H50O10Si. The van der Waals surface area contributed by atoms with Gasteiger partial charge in [-0.15, -0.1) is 0 Å². The Morgan fingerprint density at radius 2 is 1.65 bits per heavy atom. The molecule has 2 saturated carbocycles. The first-order valence-corrected chi connectivity index (χ1v) is 19.1. The molecular weight excluding hydrogens is 608 g/mol. The van der Waals surface area contributed by atoms with Gasteiger partial charge >= 0.3 is 11.9 Å². The summed E-state index contributed by atoms with van der Waals surface area (Å²) in [4.78, 5) is 41.9. The summed E-state index contributed by atoms with van der Waals surface area (Å²) in [5.41, 5.74) is -5.70. The zero-order valence-corrected chi connectivity index (χ0v) is 29.3. The van der Waals surface area contributed by atoms with Crippen molar-refractivity contribution in [1.29, 1.82) is 0 Å². The molecule has 5 rings (SSSR count). The highest BCUT2D eigenvalue weighted by atomic mass is 28.4. The lowest BCUT2D eigenvalue weighted by Crippen LogP contribution is -2.82. The number of esters is 2. The van der Waals surface area contributed by atoms with Crippen molar-refractivity contribution < 1.29 is 48.3 Å². The number of hydrogen-bond donors (Lipinski definition) is 3. The summed E-state index contributed by atoms with van der Waals surface area (Å²) < 4.78 is 25.7. The van der Waals surface area contributed by atoms with Crippen LogP contribution in [-0.2, 0) is 28.2 Å². The van der Waals surface area contributed by atoms with Crippen LogP contribution < -0.4 is 0 Å². The molecule has 0 radical (unpaired) electrons. The highest BCUT2D eigenvalue weighted by molar-refractivity contribution is 6.73. The van der Waals surface area contributed by atoms with E-state index < -0.39 is 84.5 Å². The Balaban J connectivity index is 1.84. The van der Waals surface area contributed by atoms with Crippen molar-refractivity contribution in [3.05, 3.63) is 47.0 Å². The van der Waals surface area contributed by atoms with E-state index in [0.29, 0.717) is 5.57 Å². The van der Waals surface area contributed by atoms with Crippen molar-refractivity contribution >= 4 is 26.0 Å². The summed E-state index contributed by atoms with van der Waals surface area (Å²) in [6.07, 6.45) is -6.03. The standard InChI is InChI=1S/C35H50O10Si/c1-9-46(10-2,11-3)45-24-17-25-34(19-42-25,44-21(5)36)28-30(43-31(40)22-15-13-12-14-16-22)35(41)18-23(37)20(4)26(32(35,6)7)27(38)29(39)33(24,28)8/h12-16,23-25,27-28,30,37-38,41H,9-11,17-19H2,1-8H3/t23-,24?,25+,27+,28-,30-,33+,34-,35+/m0/s1. The Kier molecular flexibility index (Phi) is 9.05. The Bertz CT molecular complexity index is 1400. The fraction of sp³-hybridized carbons (Fsp3) is 0.686. The first-order chi connectivity index (χ1) is 21.5. The third-order valence-corrected chi connectivity index (χ3v) is 16.9. The largest absolute Gasteiger partial charge is 0.455 e. The van der Waals surface area contributed by atoms with Gasteiger partial charge < -0.3 is 34.0 Å². The topological polar surface area (TPSA) is 149 Å². The Morgan fingerprint density at radius 3 is 2.17 bits per heavy atom. The zero-order valence-electron chi connectivity index (χ0n) is 28.3. The molecule has 1 aromatic carbocycles. The molecule has 254 valence electrons. The van der Waals surface area contributed by atoms with Crippen molar-refractivity contribution in [3.63, 3.8) is 0 Å². The van der Waals surface area contributed by atoms with Crippen molar-refractivity contribution in [2.45, 2.75) is 128 Å². The van der Waals surface area contributed by atoms with Crippen LogP contribution in [0.25, 0.3) is 0 Å². The van der Waals surface area contributed by atoms with Crippen LogP contribution >= 0.6 is 0 Å². The Hall–Kier alpha value is -2.41. The molecule has 0 spiro atoms. The molecule has 4 aliphatic rings. The second-order valence-electron chi connectivity index (χ2n) is 14.5. The van der Waals surface area contributed by atoms with E-state index >= 15 is 4.79 Å². The number of rotatable bonds is 8. The first kappa shape index (κ1) is 34.9. The maximum Gasteiger partial charge on any atom is 0.338 e. The van der Waals surface area contributed by atoms with Crippen LogP contribution in [0.4, 0.5) is 0 Å². The van der Waals surface area contributed by atoms with Gasteiger partial charge in [0.1, 0.15) is 23.9 Å². The minimum absolute atomic E-state index is 0.105. The van der Waals surface area contributed by atoms with Gasteiger partial charge in [0, 0.05) is 25.2 Å². The highest BCUT2D eigenvalue weighted by Crippen LogP contribution is 2.64. The molecule has 9 atom stereocenters. The molecule has 1 saturated heterocycles. The number of hydrogen-bond acceptors (Lipinski definition) is 10. The summed E-state index contributed by atoms with van der Waals surface area (Å²) in [7, 11) is -2.42. The molecule has 3 aliphatic carbocycles. The van der Waals surface area contributed by atoms with Gasteiger partial charge in [0.2, 0.25) is 0 Å². The summed E-state index contributed by atoms with van der Waals surface area (Å²) in [6, 6.07) is 10.7. The molecule has 1 aromatic rings. The van der Waals surface area contributed by atoms with E-state index in [1.54, 1.807) is 58.0 Å². The van der Waals surface area contributed by atoms with Gasteiger partial charge in [-0.2, -0.15) is 0 Å². The molecule has 1 heterocycles. The maximum atomic E-state index is 15.1. The smallest absolute Gasteiger partial charge is 0.338 e. The number of ether oxygens (including phenoxy) is 3. The predicted molar refractivity (Wildman–Crippen MR) is 171 cm³/mol. The lowest BCUT2D eigenvalue weighted by molar-refractivity contribution is -0.344. The summed E-state index contributed by atoms with van der Waals surface area (Å²) >= 11 is 0. The van der Waals surface area contributed by atoms with E-state index in [0.717, 1.165) is 18.1 Å². The van der Waals surface area contributed by atoms with Gasteiger partial charge in [-0.1, -0.05) is 52.8 Å². The average molecular weight is 659 g/mol. The van der Waals surface area contributed by atoms with Crippen LogP contribution in [0.1, 0.15) is 78.6 Å². The van der Waals surface area contributed by atoms with E-state index in [1.165, 1.54) is 6.92 Å². The lowest BCUT2D eigenvalue weighted by atomic mass is 9.44. The van der Waals surface area contributed by atoms with Gasteiger partial charge in [-0.05, 0) is 55.3 Å². The average Bonchev–Trinajstić information content (AvgIpc) is 3.01. The number of Topliss-reactive ketones (excluding diaryl/α,β-unsaturated/α-hetero) is 1. The van der Waals surface area contributed by atoms with E-state index in [2.05, 4.69) is 20.8 Å². The van der Waals surface area contributed by atoms with Crippen molar-refractivity contribution in [3.8, 4) is 0 Å². The normalized spacial score (nSPS) is 38.5. The van der Waals surface area contributed by atoms with Crippen LogP contribution in [0.15, 0.2) is 41.5 Å². The number of aliphatic hydroxyl groups is 3. The number of ketones is 1. The van der Waals surface area contributed by atoms with Gasteiger partial charge in [-0.3, -0.25) is 9.59 Å². The van der Waals surface area contributed by atoms with Crippen LogP contribution in [0.2, 0.25) is 18.1 Å². The van der Waals surface area contributed by atoms with Gasteiger partial charge in [-0.25, -0.2) is 4.79 Å². The van der Waals surface area contributed by atoms with Gasteiger partial charge in [0.25, 0.3) is 0 Å². The van der Waals surface area contributed by atoms with E-state index in [-0.39, 0.29) is 30.6 Å². The van der Waals surface area contributed by atoms with Crippen molar-refractivity contribution in [1.82, 2.24) is 0 Å². The minimum atomic E-state index is -2.42. The van der Waals surface area contributed by atoms with Crippen LogP contribution in [0, 0.1) is 16.7 Å². The molecule has 3 N–H and O–H groups in total. The van der Waals surface area contributed by atoms with E-state index in [4.69, 9.17) is 18.6 Å². The fourth-order valence-corrected chi connectivity index (χ4v) is 12.1. The number of fused-ring (bicyclic) bond motifs is 5. The Labute approximate surface area is 272 Å². The molecule has 10 nitrogen and oxygen atoms in total. The number of carbonyl (C=O) groups excluding carboxylic acids is 3. The second kappa shape index (κ2) is 11.9. The molecule has 2 bridgehead atoms. The van der Waals surface area contributed by atoms with Crippen LogP contribution in [-0.4, -0.2) is 89.7 Å². The molecule has 3 fully saturated rings. The minimum Gasteiger partial charge on any atom is -0.455 e. The summed E-state index contributed by atoms with van der Waals surface area (Å²) in [5, 5.41) is 36.5. The molecule has 11 heteroatoms. The second-order valence-corrected chi connectivity index (χ2v) is 19.2. The highest BCUT2D eigenvalue weighted by Gasteiger charge is 2.78. The third kappa shape index (κ3) is 4.87. The molecule has 0 aromatic heterocycles. The van der Waals surface area contributed by atoms with Crippen molar-refractivity contribution in [2.75, 3.05) is 6.61 Å². The first-order valence-electron chi connectivity index (χ1n) is 16.6. The summed E-state index contributed by atoms with van der Waals surface area (Å²) in [6.45, 7) is 14.1. The predicted octanol–water partition coefficient (Wildman–Crippen LogP) is 4.11. The zero-order chi connectivity index (χ0) is 34.0. The fourth-order valence-electron chi connectivity index (χ4n) is 9.11. The maximum absolute atomic E-state index is 15.1. The monoisotopic (exact) mass is 658 g/mol. The van der Waals surface area contributed by atoms with Crippen molar-refractivity contribution in [2.24, 2.45) is 16.7 Å². The summed E-state index contributed by atoms with van der Waals surface area (Å²) in [5.74, 6) is -3.16.